The number of quaternary nitrogens is 1. The maximum Gasteiger partial charge on any atom is 0.256 e. The van der Waals surface area contributed by atoms with E-state index in [1.165, 1.54) is 5.70 Å². The molecule has 4 aliphatic heterocycles. The summed E-state index contributed by atoms with van der Waals surface area (Å²) in [4.78, 5) is 15.0. The van der Waals surface area contributed by atoms with Gasteiger partial charge in [-0.2, -0.15) is 9.27 Å². The average Bonchev–Trinajstić information content (AvgIpc) is 3.63. The summed E-state index contributed by atoms with van der Waals surface area (Å²) in [5.41, 5.74) is 3.13. The van der Waals surface area contributed by atoms with Gasteiger partial charge >= 0.3 is 0 Å². The van der Waals surface area contributed by atoms with E-state index in [1.807, 2.05) is 51.7 Å². The highest BCUT2D eigenvalue weighted by Crippen LogP contribution is 2.40. The molecule has 0 spiro atoms. The SMILES string of the molecule is O=C(C1=CC2=CC=C[N@@+]2(N2CCC(c3nnnn3-c3ccccc3)CC2)C1)N1CCSC1. The minimum absolute atomic E-state index is 0.202. The summed E-state index contributed by atoms with van der Waals surface area (Å²) in [7, 11) is 0. The predicted molar refractivity (Wildman–Crippen MR) is 122 cm³/mol. The Labute approximate surface area is 191 Å². The summed E-state index contributed by atoms with van der Waals surface area (Å²) in [6.07, 6.45) is 10.6. The number of aromatic nitrogens is 4. The van der Waals surface area contributed by atoms with Gasteiger partial charge in [-0.1, -0.05) is 18.2 Å². The van der Waals surface area contributed by atoms with E-state index in [4.69, 9.17) is 0 Å². The summed E-state index contributed by atoms with van der Waals surface area (Å²) in [5.74, 6) is 3.31. The van der Waals surface area contributed by atoms with Crippen molar-refractivity contribution in [3.8, 4) is 5.69 Å². The van der Waals surface area contributed by atoms with Crippen LogP contribution >= 0.6 is 11.8 Å². The molecule has 8 nitrogen and oxygen atoms in total. The molecule has 1 aromatic carbocycles. The Kier molecular flexibility index (Phi) is 4.97. The molecule has 0 aliphatic carbocycles. The fourth-order valence-electron chi connectivity index (χ4n) is 5.23. The molecule has 164 valence electrons. The zero-order valence-electron chi connectivity index (χ0n) is 17.9. The lowest BCUT2D eigenvalue weighted by atomic mass is 9.96. The van der Waals surface area contributed by atoms with Gasteiger partial charge in [0.25, 0.3) is 5.91 Å². The molecule has 1 amide bonds. The number of hydrogen-bond donors (Lipinski definition) is 0. The third kappa shape index (κ3) is 3.23. The van der Waals surface area contributed by atoms with E-state index in [-0.39, 0.29) is 5.91 Å². The number of benzene rings is 1. The molecule has 2 aromatic rings. The summed E-state index contributed by atoms with van der Waals surface area (Å²) in [6, 6.07) is 10.1. The van der Waals surface area contributed by atoms with Crippen LogP contribution in [0.25, 0.3) is 5.69 Å². The van der Waals surface area contributed by atoms with Crippen molar-refractivity contribution < 1.29 is 9.39 Å². The first-order chi connectivity index (χ1) is 15.7. The van der Waals surface area contributed by atoms with Crippen LogP contribution in [0, 0.1) is 0 Å². The summed E-state index contributed by atoms with van der Waals surface area (Å²) >= 11 is 1.83. The van der Waals surface area contributed by atoms with Crippen LogP contribution in [-0.2, 0) is 4.79 Å². The van der Waals surface area contributed by atoms with Gasteiger partial charge in [-0.3, -0.25) is 4.79 Å². The summed E-state index contributed by atoms with van der Waals surface area (Å²) in [5, 5.41) is 15.1. The van der Waals surface area contributed by atoms with Crippen molar-refractivity contribution >= 4 is 17.7 Å². The van der Waals surface area contributed by atoms with Gasteiger partial charge in [0.2, 0.25) is 0 Å². The van der Waals surface area contributed by atoms with Crippen LogP contribution in [-0.4, -0.2) is 78.4 Å². The quantitative estimate of drug-likeness (QED) is 0.670. The van der Waals surface area contributed by atoms with E-state index >= 15 is 0 Å². The van der Waals surface area contributed by atoms with Crippen molar-refractivity contribution in [3.05, 3.63) is 71.9 Å². The first-order valence-electron chi connectivity index (χ1n) is 11.2. The minimum Gasteiger partial charge on any atom is -0.329 e. The molecule has 5 heterocycles. The number of para-hydroxylation sites is 1. The van der Waals surface area contributed by atoms with Gasteiger partial charge in [-0.15, -0.1) is 21.9 Å². The molecular weight excluding hydrogens is 422 g/mol. The first kappa shape index (κ1) is 19.9. The van der Waals surface area contributed by atoms with Gasteiger partial charge in [-0.25, -0.2) is 0 Å². The molecule has 32 heavy (non-hydrogen) atoms. The Balaban J connectivity index is 1.17. The molecule has 0 bridgehead atoms. The number of allylic oxidation sites excluding steroid dienone is 3. The molecule has 0 unspecified atom stereocenters. The van der Waals surface area contributed by atoms with E-state index in [9.17, 15) is 4.79 Å². The molecule has 2 saturated heterocycles. The number of amides is 1. The van der Waals surface area contributed by atoms with Gasteiger partial charge in [-0.05, 0) is 41.5 Å². The topological polar surface area (TPSA) is 67.2 Å². The fraction of sp³-hybridized carbons (Fsp3) is 0.391. The van der Waals surface area contributed by atoms with Crippen LogP contribution in [0.2, 0.25) is 0 Å². The maximum atomic E-state index is 13.0. The second-order valence-corrected chi connectivity index (χ2v) is 9.78. The normalized spacial score (nSPS) is 25.8. The smallest absolute Gasteiger partial charge is 0.256 e. The summed E-state index contributed by atoms with van der Waals surface area (Å²) in [6.45, 7) is 3.44. The highest BCUT2D eigenvalue weighted by molar-refractivity contribution is 7.99. The number of tetrazole rings is 1. The lowest BCUT2D eigenvalue weighted by Crippen LogP contribution is -2.56. The molecule has 0 N–H and O–H groups in total. The highest BCUT2D eigenvalue weighted by atomic mass is 32.2. The lowest BCUT2D eigenvalue weighted by Gasteiger charge is -2.42. The summed E-state index contributed by atoms with van der Waals surface area (Å²) < 4.78 is 2.52. The third-order valence-corrected chi connectivity index (χ3v) is 7.90. The predicted octanol–water partition coefficient (Wildman–Crippen LogP) is 2.46. The van der Waals surface area contributed by atoms with Crippen molar-refractivity contribution in [2.45, 2.75) is 18.8 Å². The van der Waals surface area contributed by atoms with Crippen molar-refractivity contribution in [2.75, 3.05) is 37.8 Å². The second-order valence-electron chi connectivity index (χ2n) is 8.71. The lowest BCUT2D eigenvalue weighted by molar-refractivity contribution is -0.949. The maximum absolute atomic E-state index is 13.0. The zero-order chi connectivity index (χ0) is 21.5. The van der Waals surface area contributed by atoms with Gasteiger partial charge in [0.05, 0.1) is 17.1 Å². The van der Waals surface area contributed by atoms with Crippen molar-refractivity contribution in [2.24, 2.45) is 0 Å². The standard InChI is InChI=1S/C23H26N7OS/c31-23(27-12-14-32-17-27)19-15-21-7-4-13-30(21,16-19)28-10-8-18(9-11-28)22-24-25-26-29(22)20-5-2-1-3-6-20/h1-7,13,15,18H,8-12,14,16-17H2/q+1/t30-/m1/s1. The first-order valence-corrected chi connectivity index (χ1v) is 12.3. The van der Waals surface area contributed by atoms with Gasteiger partial charge in [0.1, 0.15) is 12.7 Å². The number of piperidine rings is 1. The molecule has 0 radical (unpaired) electrons. The molecule has 0 saturated carbocycles. The van der Waals surface area contributed by atoms with Gasteiger partial charge in [0.15, 0.2) is 11.5 Å². The van der Waals surface area contributed by atoms with E-state index in [1.54, 1.807) is 0 Å². The molecule has 6 rings (SSSR count). The van der Waals surface area contributed by atoms with Crippen molar-refractivity contribution in [1.29, 1.82) is 0 Å². The largest absolute Gasteiger partial charge is 0.329 e. The monoisotopic (exact) mass is 448 g/mol. The van der Waals surface area contributed by atoms with E-state index in [2.05, 4.69) is 45.0 Å². The Bertz CT molecular complexity index is 1110. The number of carbonyl (C=O) groups is 1. The number of nitrogens with zero attached hydrogens (tertiary/aromatic N) is 7. The molecule has 1 atom stereocenters. The molecular formula is C23H26N7OS+. The number of carbonyl (C=O) groups excluding carboxylic acids is 1. The van der Waals surface area contributed by atoms with Crippen LogP contribution in [0.5, 0.6) is 0 Å². The number of fused-ring (bicyclic) bond motifs is 1. The molecule has 4 aliphatic rings. The minimum atomic E-state index is 0.202. The van der Waals surface area contributed by atoms with Crippen LogP contribution in [0.15, 0.2) is 66.0 Å². The van der Waals surface area contributed by atoms with Crippen molar-refractivity contribution in [1.82, 2.24) is 30.1 Å². The van der Waals surface area contributed by atoms with E-state index in [0.29, 0.717) is 10.5 Å². The average molecular weight is 449 g/mol. The third-order valence-electron chi connectivity index (χ3n) is 6.93. The fourth-order valence-corrected chi connectivity index (χ4v) is 6.18. The van der Waals surface area contributed by atoms with Crippen LogP contribution in [0.1, 0.15) is 24.6 Å². The Morgan fingerprint density at radius 2 is 1.97 bits per heavy atom. The van der Waals surface area contributed by atoms with Crippen LogP contribution in [0.3, 0.4) is 0 Å². The van der Waals surface area contributed by atoms with E-state index < -0.39 is 0 Å². The Morgan fingerprint density at radius 1 is 1.12 bits per heavy atom. The molecule has 1 aromatic heterocycles. The Hall–Kier alpha value is -2.75. The molecule has 9 heteroatoms. The Morgan fingerprint density at radius 3 is 2.75 bits per heavy atom. The molecule has 2 fully saturated rings. The number of thioether (sulfide) groups is 1. The van der Waals surface area contributed by atoms with Crippen LogP contribution < -0.4 is 0 Å². The van der Waals surface area contributed by atoms with Gasteiger partial charge in [0, 0.05) is 43.5 Å². The van der Waals surface area contributed by atoms with Crippen LogP contribution in [0.4, 0.5) is 0 Å². The number of hydrogen-bond acceptors (Lipinski definition) is 6. The second kappa shape index (κ2) is 7.99. The van der Waals surface area contributed by atoms with E-state index in [0.717, 1.165) is 67.7 Å². The zero-order valence-corrected chi connectivity index (χ0v) is 18.7. The van der Waals surface area contributed by atoms with Gasteiger partial charge < -0.3 is 4.90 Å². The van der Waals surface area contributed by atoms with Crippen molar-refractivity contribution in [3.63, 3.8) is 0 Å². The highest BCUT2D eigenvalue weighted by Gasteiger charge is 2.48. The number of rotatable bonds is 4.